The molecular formula is C17H16O3. The summed E-state index contributed by atoms with van der Waals surface area (Å²) in [6.45, 7) is -0.138. The second-order valence-corrected chi connectivity index (χ2v) is 4.77. The van der Waals surface area contributed by atoms with E-state index in [0.29, 0.717) is 0 Å². The quantitative estimate of drug-likeness (QED) is 0.718. The van der Waals surface area contributed by atoms with Gasteiger partial charge in [-0.2, -0.15) is 0 Å². The number of benzene rings is 3. The van der Waals surface area contributed by atoms with Crippen LogP contribution in [0.1, 0.15) is 11.1 Å². The molecule has 0 unspecified atom stereocenters. The van der Waals surface area contributed by atoms with Gasteiger partial charge in [-0.05, 0) is 44.8 Å². The molecule has 0 aliphatic rings. The summed E-state index contributed by atoms with van der Waals surface area (Å²) in [6.07, 6.45) is 0. The standard InChI is InChI=1S/C17H16O3/c1-20-13-4-7-14-11(8-13)2-5-16-15(14)6-3-12(9-18)17(16)10-19/h2-8,18-19H,9-10H2,1H3. The summed E-state index contributed by atoms with van der Waals surface area (Å²) in [5, 5.41) is 23.2. The molecule has 0 bridgehead atoms. The first-order valence-electron chi connectivity index (χ1n) is 6.51. The number of hydrogen-bond donors (Lipinski definition) is 2. The Morgan fingerprint density at radius 2 is 1.60 bits per heavy atom. The van der Waals surface area contributed by atoms with Crippen LogP contribution in [0.5, 0.6) is 5.75 Å². The summed E-state index contributed by atoms with van der Waals surface area (Å²) in [6, 6.07) is 13.8. The number of rotatable bonds is 3. The van der Waals surface area contributed by atoms with Gasteiger partial charge in [-0.3, -0.25) is 0 Å². The van der Waals surface area contributed by atoms with Gasteiger partial charge in [0.15, 0.2) is 0 Å². The molecule has 3 heteroatoms. The van der Waals surface area contributed by atoms with Gasteiger partial charge in [0.25, 0.3) is 0 Å². The molecule has 0 aliphatic carbocycles. The fourth-order valence-electron chi connectivity index (χ4n) is 2.69. The Labute approximate surface area is 117 Å². The number of methoxy groups -OCH3 is 1. The minimum absolute atomic E-state index is 0.0630. The molecular weight excluding hydrogens is 252 g/mol. The third-order valence-corrected chi connectivity index (χ3v) is 3.76. The van der Waals surface area contributed by atoms with Crippen LogP contribution in [0.25, 0.3) is 21.5 Å². The van der Waals surface area contributed by atoms with Crippen molar-refractivity contribution in [3.63, 3.8) is 0 Å². The minimum atomic E-state index is -0.0745. The van der Waals surface area contributed by atoms with Crippen molar-refractivity contribution < 1.29 is 14.9 Å². The zero-order chi connectivity index (χ0) is 14.1. The van der Waals surface area contributed by atoms with Crippen molar-refractivity contribution in [2.24, 2.45) is 0 Å². The highest BCUT2D eigenvalue weighted by molar-refractivity contribution is 6.09. The lowest BCUT2D eigenvalue weighted by Gasteiger charge is -2.12. The largest absolute Gasteiger partial charge is 0.497 e. The van der Waals surface area contributed by atoms with Crippen LogP contribution in [0.2, 0.25) is 0 Å². The van der Waals surface area contributed by atoms with Gasteiger partial charge in [0, 0.05) is 0 Å². The molecule has 3 rings (SSSR count). The van der Waals surface area contributed by atoms with E-state index in [0.717, 1.165) is 38.4 Å². The molecule has 0 saturated heterocycles. The van der Waals surface area contributed by atoms with Crippen LogP contribution in [-0.4, -0.2) is 17.3 Å². The highest BCUT2D eigenvalue weighted by atomic mass is 16.5. The predicted octanol–water partition coefficient (Wildman–Crippen LogP) is 2.99. The van der Waals surface area contributed by atoms with E-state index in [4.69, 9.17) is 4.74 Å². The molecule has 20 heavy (non-hydrogen) atoms. The summed E-state index contributed by atoms with van der Waals surface area (Å²) < 4.78 is 5.24. The van der Waals surface area contributed by atoms with Gasteiger partial charge >= 0.3 is 0 Å². The van der Waals surface area contributed by atoms with Gasteiger partial charge in [-0.15, -0.1) is 0 Å². The molecule has 0 heterocycles. The maximum Gasteiger partial charge on any atom is 0.119 e. The predicted molar refractivity (Wildman–Crippen MR) is 79.9 cm³/mol. The van der Waals surface area contributed by atoms with Crippen LogP contribution in [0.3, 0.4) is 0 Å². The number of aliphatic hydroxyl groups excluding tert-OH is 2. The lowest BCUT2D eigenvalue weighted by atomic mass is 9.95. The summed E-state index contributed by atoms with van der Waals surface area (Å²) in [4.78, 5) is 0. The van der Waals surface area contributed by atoms with Crippen molar-refractivity contribution in [3.05, 3.63) is 53.6 Å². The van der Waals surface area contributed by atoms with E-state index in [1.165, 1.54) is 0 Å². The zero-order valence-corrected chi connectivity index (χ0v) is 11.3. The smallest absolute Gasteiger partial charge is 0.119 e. The molecule has 0 saturated carbocycles. The molecule has 0 spiro atoms. The lowest BCUT2D eigenvalue weighted by Crippen LogP contribution is -1.95. The fraction of sp³-hybridized carbons (Fsp3) is 0.176. The first kappa shape index (κ1) is 12.9. The third kappa shape index (κ3) is 1.92. The van der Waals surface area contributed by atoms with E-state index < -0.39 is 0 Å². The SMILES string of the molecule is COc1ccc2c(ccc3c(CO)c(CO)ccc32)c1. The topological polar surface area (TPSA) is 49.7 Å². The van der Waals surface area contributed by atoms with Gasteiger partial charge in [-0.25, -0.2) is 0 Å². The molecule has 0 amide bonds. The van der Waals surface area contributed by atoms with Crippen molar-refractivity contribution in [1.82, 2.24) is 0 Å². The van der Waals surface area contributed by atoms with Gasteiger partial charge in [0.2, 0.25) is 0 Å². The average molecular weight is 268 g/mol. The van der Waals surface area contributed by atoms with Gasteiger partial charge in [0.05, 0.1) is 20.3 Å². The minimum Gasteiger partial charge on any atom is -0.497 e. The van der Waals surface area contributed by atoms with Crippen LogP contribution in [0.15, 0.2) is 42.5 Å². The maximum atomic E-state index is 9.57. The van der Waals surface area contributed by atoms with Crippen LogP contribution in [0.4, 0.5) is 0 Å². The number of ether oxygens (including phenoxy) is 1. The number of hydrogen-bond acceptors (Lipinski definition) is 3. The van der Waals surface area contributed by atoms with Gasteiger partial charge in [0.1, 0.15) is 5.75 Å². The first-order chi connectivity index (χ1) is 9.78. The van der Waals surface area contributed by atoms with E-state index in [9.17, 15) is 10.2 Å². The van der Waals surface area contributed by atoms with Gasteiger partial charge < -0.3 is 14.9 Å². The van der Waals surface area contributed by atoms with E-state index in [1.54, 1.807) is 7.11 Å². The van der Waals surface area contributed by atoms with Crippen LogP contribution >= 0.6 is 0 Å². The Morgan fingerprint density at radius 3 is 2.30 bits per heavy atom. The normalized spacial score (nSPS) is 11.2. The number of aliphatic hydroxyl groups is 2. The molecule has 102 valence electrons. The van der Waals surface area contributed by atoms with Crippen molar-refractivity contribution in [2.45, 2.75) is 13.2 Å². The molecule has 3 nitrogen and oxygen atoms in total. The molecule has 0 atom stereocenters. The number of fused-ring (bicyclic) bond motifs is 3. The fourth-order valence-corrected chi connectivity index (χ4v) is 2.69. The molecule has 0 fully saturated rings. The van der Waals surface area contributed by atoms with E-state index in [2.05, 4.69) is 0 Å². The maximum absolute atomic E-state index is 9.57. The highest BCUT2D eigenvalue weighted by Gasteiger charge is 2.09. The highest BCUT2D eigenvalue weighted by Crippen LogP contribution is 2.31. The lowest BCUT2D eigenvalue weighted by molar-refractivity contribution is 0.261. The zero-order valence-electron chi connectivity index (χ0n) is 11.3. The Balaban J connectivity index is 2.37. The Bertz CT molecular complexity index is 778. The van der Waals surface area contributed by atoms with Gasteiger partial charge in [-0.1, -0.05) is 30.3 Å². The van der Waals surface area contributed by atoms with Crippen molar-refractivity contribution in [1.29, 1.82) is 0 Å². The van der Waals surface area contributed by atoms with Crippen LogP contribution < -0.4 is 4.74 Å². The monoisotopic (exact) mass is 268 g/mol. The summed E-state index contributed by atoms with van der Waals surface area (Å²) in [5.74, 6) is 0.825. The van der Waals surface area contributed by atoms with Crippen LogP contribution in [-0.2, 0) is 13.2 Å². The second-order valence-electron chi connectivity index (χ2n) is 4.77. The van der Waals surface area contributed by atoms with Crippen molar-refractivity contribution >= 4 is 21.5 Å². The molecule has 2 N–H and O–H groups in total. The average Bonchev–Trinajstić information content (AvgIpc) is 2.52. The Morgan fingerprint density at radius 1 is 0.850 bits per heavy atom. The van der Waals surface area contributed by atoms with Crippen LogP contribution in [0, 0.1) is 0 Å². The third-order valence-electron chi connectivity index (χ3n) is 3.76. The van der Waals surface area contributed by atoms with E-state index >= 15 is 0 Å². The summed E-state index contributed by atoms with van der Waals surface area (Å²) in [7, 11) is 1.65. The molecule has 0 aliphatic heterocycles. The second kappa shape index (κ2) is 5.12. The summed E-state index contributed by atoms with van der Waals surface area (Å²) in [5.41, 5.74) is 1.57. The summed E-state index contributed by atoms with van der Waals surface area (Å²) >= 11 is 0. The molecule has 3 aromatic carbocycles. The first-order valence-corrected chi connectivity index (χ1v) is 6.51. The molecule has 3 aromatic rings. The van der Waals surface area contributed by atoms with Crippen molar-refractivity contribution in [3.8, 4) is 5.75 Å². The van der Waals surface area contributed by atoms with E-state index in [1.807, 2.05) is 42.5 Å². The van der Waals surface area contributed by atoms with E-state index in [-0.39, 0.29) is 13.2 Å². The van der Waals surface area contributed by atoms with Crippen molar-refractivity contribution in [2.75, 3.05) is 7.11 Å². The Kier molecular flexibility index (Phi) is 3.30. The molecule has 0 radical (unpaired) electrons. The Hall–Kier alpha value is -2.10. The molecule has 0 aromatic heterocycles.